The van der Waals surface area contributed by atoms with Crippen molar-refractivity contribution < 1.29 is 14.3 Å². The Labute approximate surface area is 228 Å². The number of anilines is 1. The van der Waals surface area contributed by atoms with Crippen molar-refractivity contribution in [3.05, 3.63) is 58.8 Å². The van der Waals surface area contributed by atoms with Crippen LogP contribution in [0.15, 0.2) is 41.5 Å². The fourth-order valence-corrected chi connectivity index (χ4v) is 4.29. The Balaban J connectivity index is 2.22. The number of nitrogens with two attached hydrogens (primary N) is 1. The van der Waals surface area contributed by atoms with Crippen LogP contribution in [0.3, 0.4) is 0 Å². The molecule has 0 bridgehead atoms. The van der Waals surface area contributed by atoms with Crippen LogP contribution < -0.4 is 25.8 Å². The summed E-state index contributed by atoms with van der Waals surface area (Å²) in [5.41, 5.74) is 10.6. The van der Waals surface area contributed by atoms with Crippen molar-refractivity contribution in [1.82, 2.24) is 10.2 Å². The topological polar surface area (TPSA) is 101 Å². The fraction of sp³-hybridized carbons (Fsp3) is 0.467. The van der Waals surface area contributed by atoms with E-state index in [-0.39, 0.29) is 11.9 Å². The summed E-state index contributed by atoms with van der Waals surface area (Å²) in [5, 5.41) is 6.61. The number of hydrogen-bond acceptors (Lipinski definition) is 7. The molecule has 0 saturated carbocycles. The van der Waals surface area contributed by atoms with Gasteiger partial charge in [-0.05, 0) is 68.8 Å². The first-order chi connectivity index (χ1) is 18.3. The van der Waals surface area contributed by atoms with Gasteiger partial charge in [-0.25, -0.2) is 0 Å². The standard InChI is InChI=1S/C30H45N5O3/c1-8-10-14-35(9-2)15-13-33-25-12-11-21(3)26(18-25)30(36)34-22(4)23-16-27(24(19-31)20-32-5)29(38-7)28(17-23)37-6/h11-12,16-20,22,33H,8-10,13-15,31H2,1-7H3,(H,34,36)/b24-19+,32-20?. The minimum Gasteiger partial charge on any atom is -0.493 e. The second-order valence-corrected chi connectivity index (χ2v) is 9.25. The Morgan fingerprint density at radius 3 is 2.50 bits per heavy atom. The molecule has 1 atom stereocenters. The number of nitrogens with zero attached hydrogens (tertiary/aromatic N) is 2. The average Bonchev–Trinajstić information content (AvgIpc) is 2.93. The number of carbonyl (C=O) groups excluding carboxylic acids is 1. The summed E-state index contributed by atoms with van der Waals surface area (Å²) in [4.78, 5) is 19.9. The maximum absolute atomic E-state index is 13.3. The van der Waals surface area contributed by atoms with Gasteiger partial charge in [0, 0.05) is 54.9 Å². The molecule has 0 aliphatic carbocycles. The second kappa shape index (κ2) is 15.7. The number of methoxy groups -OCH3 is 2. The van der Waals surface area contributed by atoms with Gasteiger partial charge in [0.25, 0.3) is 5.91 Å². The summed E-state index contributed by atoms with van der Waals surface area (Å²) >= 11 is 0. The van der Waals surface area contributed by atoms with Gasteiger partial charge >= 0.3 is 0 Å². The Morgan fingerprint density at radius 1 is 1.13 bits per heavy atom. The smallest absolute Gasteiger partial charge is 0.252 e. The molecule has 2 aromatic rings. The lowest BCUT2D eigenvalue weighted by Gasteiger charge is -2.21. The number of aliphatic imine (C=N–C) groups is 1. The third-order valence-corrected chi connectivity index (χ3v) is 6.62. The molecule has 0 spiro atoms. The highest BCUT2D eigenvalue weighted by Gasteiger charge is 2.20. The number of allylic oxidation sites excluding steroid dienone is 1. The number of amides is 1. The van der Waals surface area contributed by atoms with Crippen molar-refractivity contribution in [3.8, 4) is 11.5 Å². The van der Waals surface area contributed by atoms with E-state index in [1.807, 2.05) is 44.2 Å². The van der Waals surface area contributed by atoms with E-state index in [2.05, 4.69) is 34.4 Å². The van der Waals surface area contributed by atoms with Gasteiger partial charge in [0.2, 0.25) is 0 Å². The van der Waals surface area contributed by atoms with Crippen LogP contribution in [0.1, 0.15) is 66.7 Å². The monoisotopic (exact) mass is 523 g/mol. The van der Waals surface area contributed by atoms with Crippen LogP contribution in [0.2, 0.25) is 0 Å². The van der Waals surface area contributed by atoms with Crippen LogP contribution in [-0.2, 0) is 0 Å². The van der Waals surface area contributed by atoms with E-state index < -0.39 is 0 Å². The normalized spacial score (nSPS) is 12.6. The van der Waals surface area contributed by atoms with E-state index in [9.17, 15) is 4.79 Å². The molecule has 0 aliphatic rings. The van der Waals surface area contributed by atoms with Crippen LogP contribution in [0.25, 0.3) is 5.57 Å². The van der Waals surface area contributed by atoms with Gasteiger partial charge in [-0.15, -0.1) is 0 Å². The minimum absolute atomic E-state index is 0.141. The van der Waals surface area contributed by atoms with Gasteiger partial charge in [-0.2, -0.15) is 0 Å². The highest BCUT2D eigenvalue weighted by molar-refractivity contribution is 6.11. The van der Waals surface area contributed by atoms with Crippen molar-refractivity contribution in [1.29, 1.82) is 0 Å². The predicted octanol–water partition coefficient (Wildman–Crippen LogP) is 5.04. The maximum Gasteiger partial charge on any atom is 0.252 e. The van der Waals surface area contributed by atoms with Gasteiger partial charge in [-0.1, -0.05) is 26.3 Å². The zero-order valence-corrected chi connectivity index (χ0v) is 24.1. The molecule has 0 heterocycles. The minimum atomic E-state index is -0.300. The number of aryl methyl sites for hydroxylation is 1. The quantitative estimate of drug-likeness (QED) is 0.283. The van der Waals surface area contributed by atoms with Crippen LogP contribution in [0.5, 0.6) is 11.5 Å². The maximum atomic E-state index is 13.3. The van der Waals surface area contributed by atoms with E-state index in [0.29, 0.717) is 22.6 Å². The van der Waals surface area contributed by atoms with Crippen molar-refractivity contribution in [2.75, 3.05) is 52.8 Å². The van der Waals surface area contributed by atoms with Crippen LogP contribution in [0, 0.1) is 6.92 Å². The molecule has 0 radical (unpaired) electrons. The third kappa shape index (κ3) is 8.25. The Bertz CT molecular complexity index is 1110. The Hall–Kier alpha value is -3.52. The number of nitrogens with one attached hydrogen (secondary N) is 2. The summed E-state index contributed by atoms with van der Waals surface area (Å²) < 4.78 is 11.2. The molecular weight excluding hydrogens is 478 g/mol. The number of unbranched alkanes of at least 4 members (excludes halogenated alkanes) is 1. The van der Waals surface area contributed by atoms with Gasteiger partial charge in [0.05, 0.1) is 20.3 Å². The van der Waals surface area contributed by atoms with Crippen molar-refractivity contribution in [3.63, 3.8) is 0 Å². The molecule has 4 N–H and O–H groups in total. The lowest BCUT2D eigenvalue weighted by atomic mass is 9.98. The van der Waals surface area contributed by atoms with E-state index in [0.717, 1.165) is 48.6 Å². The van der Waals surface area contributed by atoms with Gasteiger partial charge in [0.1, 0.15) is 0 Å². The Morgan fingerprint density at radius 2 is 1.89 bits per heavy atom. The van der Waals surface area contributed by atoms with E-state index >= 15 is 0 Å². The van der Waals surface area contributed by atoms with Crippen molar-refractivity contribution in [2.45, 2.75) is 46.6 Å². The molecule has 38 heavy (non-hydrogen) atoms. The first-order valence-corrected chi connectivity index (χ1v) is 13.3. The lowest BCUT2D eigenvalue weighted by molar-refractivity contribution is 0.0939. The van der Waals surface area contributed by atoms with E-state index in [4.69, 9.17) is 15.2 Å². The SMILES string of the molecule is CCCCN(CC)CCNc1ccc(C)c(C(=O)NC(C)c2cc(OC)c(OC)c(/C(C=NC)=C/N)c2)c1. The van der Waals surface area contributed by atoms with Gasteiger partial charge in [-0.3, -0.25) is 9.79 Å². The van der Waals surface area contributed by atoms with Gasteiger partial charge in [0.15, 0.2) is 11.5 Å². The van der Waals surface area contributed by atoms with Crippen molar-refractivity contribution in [2.24, 2.45) is 10.7 Å². The van der Waals surface area contributed by atoms with Crippen molar-refractivity contribution >= 4 is 23.4 Å². The molecule has 0 aliphatic heterocycles. The second-order valence-electron chi connectivity index (χ2n) is 9.25. The molecule has 8 heteroatoms. The summed E-state index contributed by atoms with van der Waals surface area (Å²) in [5.74, 6) is 0.961. The molecule has 1 unspecified atom stereocenters. The highest BCUT2D eigenvalue weighted by Crippen LogP contribution is 2.37. The highest BCUT2D eigenvalue weighted by atomic mass is 16.5. The lowest BCUT2D eigenvalue weighted by Crippen LogP contribution is -2.30. The molecule has 2 rings (SSSR count). The molecule has 0 aromatic heterocycles. The van der Waals surface area contributed by atoms with E-state index in [1.54, 1.807) is 27.5 Å². The van der Waals surface area contributed by atoms with Crippen LogP contribution in [0.4, 0.5) is 5.69 Å². The molecule has 208 valence electrons. The molecular formula is C30H45N5O3. The van der Waals surface area contributed by atoms with E-state index in [1.165, 1.54) is 19.0 Å². The largest absolute Gasteiger partial charge is 0.493 e. The van der Waals surface area contributed by atoms with Crippen LogP contribution in [-0.4, -0.2) is 64.5 Å². The molecule has 0 fully saturated rings. The average molecular weight is 524 g/mol. The van der Waals surface area contributed by atoms with Crippen LogP contribution >= 0.6 is 0 Å². The number of carbonyl (C=O) groups is 1. The Kier molecular flexibility index (Phi) is 12.7. The number of rotatable bonds is 15. The summed E-state index contributed by atoms with van der Waals surface area (Å²) in [6.07, 6.45) is 5.54. The molecule has 2 aromatic carbocycles. The predicted molar refractivity (Wildman–Crippen MR) is 159 cm³/mol. The fourth-order valence-electron chi connectivity index (χ4n) is 4.29. The molecule has 0 saturated heterocycles. The zero-order valence-electron chi connectivity index (χ0n) is 24.1. The van der Waals surface area contributed by atoms with Gasteiger partial charge < -0.3 is 30.7 Å². The number of ether oxygens (including phenoxy) is 2. The first kappa shape index (κ1) is 30.7. The molecule has 8 nitrogen and oxygen atoms in total. The number of benzene rings is 2. The third-order valence-electron chi connectivity index (χ3n) is 6.62. The summed E-state index contributed by atoms with van der Waals surface area (Å²) in [6, 6.07) is 9.43. The summed E-state index contributed by atoms with van der Waals surface area (Å²) in [6.45, 7) is 12.2. The molecule has 1 amide bonds. The summed E-state index contributed by atoms with van der Waals surface area (Å²) in [7, 11) is 4.84. The number of hydrogen-bond donors (Lipinski definition) is 3. The zero-order chi connectivity index (χ0) is 28.1. The first-order valence-electron chi connectivity index (χ1n) is 13.3. The number of likely N-dealkylation sites (N-methyl/N-ethyl adjacent to an activating group) is 1.